The summed E-state index contributed by atoms with van der Waals surface area (Å²) in [6, 6.07) is 3.14. The lowest BCUT2D eigenvalue weighted by atomic mass is 9.83. The summed E-state index contributed by atoms with van der Waals surface area (Å²) in [4.78, 5) is 11.8. The normalized spacial score (nSPS) is 14.1. The van der Waals surface area contributed by atoms with Crippen molar-refractivity contribution in [1.29, 1.82) is 0 Å². The van der Waals surface area contributed by atoms with Gasteiger partial charge in [-0.15, -0.1) is 0 Å². The minimum absolute atomic E-state index is 0.00177. The predicted octanol–water partition coefficient (Wildman–Crippen LogP) is 2.04. The first-order chi connectivity index (χ1) is 8.42. The lowest BCUT2D eigenvalue weighted by Crippen LogP contribution is -2.39. The van der Waals surface area contributed by atoms with E-state index < -0.39 is 23.0 Å². The third-order valence-electron chi connectivity index (χ3n) is 2.81. The smallest absolute Gasteiger partial charge is 0.313 e. The molecule has 5 heteroatoms. The van der Waals surface area contributed by atoms with Gasteiger partial charge in [-0.25, -0.2) is 8.78 Å². The molecule has 0 saturated heterocycles. The Labute approximate surface area is 105 Å². The van der Waals surface area contributed by atoms with E-state index in [2.05, 4.69) is 0 Å². The Bertz CT molecular complexity index is 437. The maximum atomic E-state index is 13.5. The molecule has 0 radical (unpaired) electrons. The number of hydrogen-bond donors (Lipinski definition) is 1. The van der Waals surface area contributed by atoms with Crippen LogP contribution < -0.4 is 5.73 Å². The molecule has 0 bridgehead atoms. The van der Waals surface area contributed by atoms with Gasteiger partial charge in [-0.05, 0) is 44.0 Å². The van der Waals surface area contributed by atoms with Gasteiger partial charge in [-0.1, -0.05) is 0 Å². The number of benzene rings is 1. The summed E-state index contributed by atoms with van der Waals surface area (Å²) in [6.45, 7) is 3.48. The molecule has 1 atom stereocenters. The molecular weight excluding hydrogens is 240 g/mol. The van der Waals surface area contributed by atoms with Crippen LogP contribution in [-0.2, 0) is 16.0 Å². The van der Waals surface area contributed by atoms with Gasteiger partial charge < -0.3 is 10.5 Å². The SMILES string of the molecule is CCOC(=O)C(C)(CN)Cc1cc(F)ccc1F. The van der Waals surface area contributed by atoms with Gasteiger partial charge in [0.1, 0.15) is 11.6 Å². The summed E-state index contributed by atoms with van der Waals surface area (Å²) < 4.78 is 31.5. The molecule has 0 aromatic heterocycles. The van der Waals surface area contributed by atoms with E-state index in [4.69, 9.17) is 10.5 Å². The first-order valence-electron chi connectivity index (χ1n) is 5.74. The summed E-state index contributed by atoms with van der Waals surface area (Å²) in [5.41, 5.74) is 4.63. The van der Waals surface area contributed by atoms with Crippen LogP contribution in [0, 0.1) is 17.0 Å². The Morgan fingerprint density at radius 3 is 2.67 bits per heavy atom. The summed E-state index contributed by atoms with van der Waals surface area (Å²) >= 11 is 0. The van der Waals surface area contributed by atoms with Crippen LogP contribution in [0.1, 0.15) is 19.4 Å². The van der Waals surface area contributed by atoms with E-state index in [1.807, 2.05) is 0 Å². The van der Waals surface area contributed by atoms with Gasteiger partial charge in [0.25, 0.3) is 0 Å². The van der Waals surface area contributed by atoms with Gasteiger partial charge in [-0.2, -0.15) is 0 Å². The molecule has 0 fully saturated rings. The Morgan fingerprint density at radius 1 is 1.44 bits per heavy atom. The van der Waals surface area contributed by atoms with Crippen molar-refractivity contribution in [2.24, 2.45) is 11.1 Å². The van der Waals surface area contributed by atoms with Crippen LogP contribution in [0.2, 0.25) is 0 Å². The average Bonchev–Trinajstić information content (AvgIpc) is 2.34. The second-order valence-electron chi connectivity index (χ2n) is 4.40. The van der Waals surface area contributed by atoms with Crippen molar-refractivity contribution < 1.29 is 18.3 Å². The third-order valence-corrected chi connectivity index (χ3v) is 2.81. The number of carbonyl (C=O) groups is 1. The molecule has 18 heavy (non-hydrogen) atoms. The van der Waals surface area contributed by atoms with E-state index in [9.17, 15) is 13.6 Å². The fraction of sp³-hybridized carbons (Fsp3) is 0.462. The van der Waals surface area contributed by atoms with Crippen molar-refractivity contribution in [1.82, 2.24) is 0 Å². The second-order valence-corrected chi connectivity index (χ2v) is 4.40. The van der Waals surface area contributed by atoms with Crippen molar-refractivity contribution in [3.8, 4) is 0 Å². The fourth-order valence-corrected chi connectivity index (χ4v) is 1.63. The van der Waals surface area contributed by atoms with Crippen LogP contribution in [0.4, 0.5) is 8.78 Å². The van der Waals surface area contributed by atoms with Crippen molar-refractivity contribution in [2.75, 3.05) is 13.2 Å². The monoisotopic (exact) mass is 257 g/mol. The highest BCUT2D eigenvalue weighted by atomic mass is 19.1. The summed E-state index contributed by atoms with van der Waals surface area (Å²) in [7, 11) is 0. The lowest BCUT2D eigenvalue weighted by molar-refractivity contribution is -0.153. The molecule has 2 N–H and O–H groups in total. The maximum Gasteiger partial charge on any atom is 0.313 e. The average molecular weight is 257 g/mol. The summed E-state index contributed by atoms with van der Waals surface area (Å²) in [5.74, 6) is -1.61. The largest absolute Gasteiger partial charge is 0.466 e. The standard InChI is InChI=1S/C13H17F2NO2/c1-3-18-12(17)13(2,8-16)7-9-6-10(14)4-5-11(9)15/h4-6H,3,7-8,16H2,1-2H3. The number of ether oxygens (including phenoxy) is 1. The van der Waals surface area contributed by atoms with Gasteiger partial charge in [0.15, 0.2) is 0 Å². The first kappa shape index (κ1) is 14.6. The number of halogens is 2. The third kappa shape index (κ3) is 3.26. The van der Waals surface area contributed by atoms with Crippen molar-refractivity contribution in [3.05, 3.63) is 35.4 Å². The molecule has 0 spiro atoms. The van der Waals surface area contributed by atoms with Gasteiger partial charge >= 0.3 is 5.97 Å². The molecule has 1 rings (SSSR count). The van der Waals surface area contributed by atoms with Crippen molar-refractivity contribution >= 4 is 5.97 Å². The maximum absolute atomic E-state index is 13.5. The quantitative estimate of drug-likeness (QED) is 0.821. The highest BCUT2D eigenvalue weighted by molar-refractivity contribution is 5.77. The van der Waals surface area contributed by atoms with E-state index in [0.717, 1.165) is 18.2 Å². The zero-order chi connectivity index (χ0) is 13.8. The molecule has 0 aliphatic carbocycles. The molecule has 0 aliphatic heterocycles. The van der Waals surface area contributed by atoms with Gasteiger partial charge in [0.2, 0.25) is 0 Å². The van der Waals surface area contributed by atoms with Crippen LogP contribution in [-0.4, -0.2) is 19.1 Å². The number of esters is 1. The predicted molar refractivity (Wildman–Crippen MR) is 63.9 cm³/mol. The molecular formula is C13H17F2NO2. The van der Waals surface area contributed by atoms with Gasteiger partial charge in [-0.3, -0.25) is 4.79 Å². The minimum atomic E-state index is -1.05. The van der Waals surface area contributed by atoms with Gasteiger partial charge in [0.05, 0.1) is 12.0 Å². The van der Waals surface area contributed by atoms with E-state index in [0.29, 0.717) is 0 Å². The zero-order valence-corrected chi connectivity index (χ0v) is 10.5. The Morgan fingerprint density at radius 2 is 2.11 bits per heavy atom. The Kier molecular flexibility index (Phi) is 4.78. The molecule has 0 aliphatic rings. The molecule has 0 amide bonds. The van der Waals surface area contributed by atoms with Crippen LogP contribution in [0.15, 0.2) is 18.2 Å². The van der Waals surface area contributed by atoms with Crippen LogP contribution in [0.3, 0.4) is 0 Å². The summed E-state index contributed by atoms with van der Waals surface area (Å²) in [5, 5.41) is 0. The zero-order valence-electron chi connectivity index (χ0n) is 10.5. The Hall–Kier alpha value is -1.49. The molecule has 3 nitrogen and oxygen atoms in total. The molecule has 1 aromatic carbocycles. The first-order valence-corrected chi connectivity index (χ1v) is 5.74. The number of hydrogen-bond acceptors (Lipinski definition) is 3. The van der Waals surface area contributed by atoms with E-state index >= 15 is 0 Å². The molecule has 1 aromatic rings. The van der Waals surface area contributed by atoms with E-state index in [-0.39, 0.29) is 25.1 Å². The van der Waals surface area contributed by atoms with Crippen molar-refractivity contribution in [3.63, 3.8) is 0 Å². The van der Waals surface area contributed by atoms with Crippen LogP contribution in [0.25, 0.3) is 0 Å². The highest BCUT2D eigenvalue weighted by Gasteiger charge is 2.34. The Balaban J connectivity index is 2.97. The van der Waals surface area contributed by atoms with E-state index in [1.54, 1.807) is 13.8 Å². The number of carbonyl (C=O) groups excluding carboxylic acids is 1. The highest BCUT2D eigenvalue weighted by Crippen LogP contribution is 2.25. The van der Waals surface area contributed by atoms with Gasteiger partial charge in [0, 0.05) is 6.54 Å². The molecule has 0 saturated carbocycles. The molecule has 1 unspecified atom stereocenters. The molecule has 100 valence electrons. The minimum Gasteiger partial charge on any atom is -0.466 e. The fourth-order valence-electron chi connectivity index (χ4n) is 1.63. The molecule has 0 heterocycles. The lowest BCUT2D eigenvalue weighted by Gasteiger charge is -2.25. The van der Waals surface area contributed by atoms with Crippen LogP contribution >= 0.6 is 0 Å². The number of rotatable bonds is 5. The van der Waals surface area contributed by atoms with Crippen molar-refractivity contribution in [2.45, 2.75) is 20.3 Å². The second kappa shape index (κ2) is 5.91. The van der Waals surface area contributed by atoms with E-state index in [1.165, 1.54) is 0 Å². The number of nitrogens with two attached hydrogens (primary N) is 1. The van der Waals surface area contributed by atoms with Crippen LogP contribution in [0.5, 0.6) is 0 Å². The topological polar surface area (TPSA) is 52.3 Å². The summed E-state index contributed by atoms with van der Waals surface area (Å²) in [6.07, 6.45) is 0.00588.